The Morgan fingerprint density at radius 3 is 0.875 bits per heavy atom. The van der Waals surface area contributed by atoms with Crippen LogP contribution in [0.1, 0.15) is 0 Å². The summed E-state index contributed by atoms with van der Waals surface area (Å²) in [7, 11) is -4.61. The van der Waals surface area contributed by atoms with Crippen LogP contribution >= 0.6 is 0 Å². The number of rotatable bonds is 0. The standard InChI is InChI=1S/Al.Ba.Mg.H4O4Si.7H/c;;;1-5(2,3)4;;;;;;;/h;;;1-4H;;;;;;;. The van der Waals surface area contributed by atoms with Crippen LogP contribution in [-0.4, -0.2) is 118 Å². The zero-order valence-electron chi connectivity index (χ0n) is 2.29. The number of hydrogen-bond acceptors (Lipinski definition) is 4. The fraction of sp³-hybridized carbons (Fsp3) is 0. The van der Waals surface area contributed by atoms with Gasteiger partial charge in [-0.25, -0.2) is 0 Å². The van der Waals surface area contributed by atoms with Crippen molar-refractivity contribution in [3.05, 3.63) is 0 Å². The average molecular weight is 292 g/mol. The van der Waals surface area contributed by atoms with Crippen LogP contribution in [0.15, 0.2) is 0 Å². The minimum Gasteiger partial charge on any atom is 0.316 e. The molecule has 8 heavy (non-hydrogen) atoms. The first-order valence-corrected chi connectivity index (χ1v) is 2.68. The summed E-state index contributed by atoms with van der Waals surface area (Å²) in [6, 6.07) is 0. The molecule has 0 aliphatic rings. The SMILES string of the molecule is O[Si](O)(O)O.[AlH3].[BaH2].[MgH2]. The van der Waals surface area contributed by atoms with Crippen molar-refractivity contribution in [2.24, 2.45) is 0 Å². The Morgan fingerprint density at radius 1 is 0.875 bits per heavy atom. The molecule has 0 unspecified atom stereocenters. The van der Waals surface area contributed by atoms with Gasteiger partial charge < -0.3 is 19.2 Å². The molecular formula is H11AlBaMgO4Si. The molecule has 0 aliphatic heterocycles. The summed E-state index contributed by atoms with van der Waals surface area (Å²) in [5, 5.41) is 0. The van der Waals surface area contributed by atoms with E-state index in [9.17, 15) is 0 Å². The summed E-state index contributed by atoms with van der Waals surface area (Å²) in [5.41, 5.74) is 0. The third-order valence-corrected chi connectivity index (χ3v) is 0. The molecule has 0 fully saturated rings. The fourth-order valence-corrected chi connectivity index (χ4v) is 0. The smallest absolute Gasteiger partial charge is 0.316 e. The van der Waals surface area contributed by atoms with Crippen LogP contribution in [0.4, 0.5) is 0 Å². The van der Waals surface area contributed by atoms with Gasteiger partial charge in [-0.05, 0) is 0 Å². The van der Waals surface area contributed by atoms with E-state index < -0.39 is 9.05 Å². The van der Waals surface area contributed by atoms with Crippen LogP contribution in [0.25, 0.3) is 0 Å². The third kappa shape index (κ3) is 65.5. The maximum atomic E-state index is 7.33. The van der Waals surface area contributed by atoms with Crippen molar-refractivity contribution >= 4 is 98.3 Å². The van der Waals surface area contributed by atoms with Crippen LogP contribution in [0.5, 0.6) is 0 Å². The van der Waals surface area contributed by atoms with Crippen molar-refractivity contribution in [1.29, 1.82) is 0 Å². The third-order valence-electron chi connectivity index (χ3n) is 0. The second kappa shape index (κ2) is 9.93. The molecule has 4 nitrogen and oxygen atoms in total. The summed E-state index contributed by atoms with van der Waals surface area (Å²) >= 11 is 0. The maximum absolute atomic E-state index is 7.33. The predicted molar refractivity (Wildman–Crippen MR) is 41.7 cm³/mol. The summed E-state index contributed by atoms with van der Waals surface area (Å²) in [6.07, 6.45) is 0. The molecule has 0 atom stereocenters. The molecule has 0 saturated heterocycles. The van der Waals surface area contributed by atoms with Crippen molar-refractivity contribution in [1.82, 2.24) is 0 Å². The van der Waals surface area contributed by atoms with E-state index in [1.54, 1.807) is 0 Å². The van der Waals surface area contributed by atoms with Gasteiger partial charge >= 0.3 is 81.0 Å². The monoisotopic (exact) mass is 292 g/mol. The summed E-state index contributed by atoms with van der Waals surface area (Å²) < 4.78 is 0. The Kier molecular flexibility index (Phi) is 27.8. The van der Waals surface area contributed by atoms with E-state index >= 15 is 0 Å². The first kappa shape index (κ1) is 22.4. The van der Waals surface area contributed by atoms with Gasteiger partial charge in [0.15, 0.2) is 17.4 Å². The van der Waals surface area contributed by atoms with Crippen molar-refractivity contribution in [2.45, 2.75) is 0 Å². The van der Waals surface area contributed by atoms with Gasteiger partial charge in [0.1, 0.15) is 0 Å². The van der Waals surface area contributed by atoms with E-state index in [0.29, 0.717) is 0 Å². The van der Waals surface area contributed by atoms with Crippen LogP contribution in [0.3, 0.4) is 0 Å². The largest absolute Gasteiger partial charge is 0.316 e. The molecule has 0 rings (SSSR count). The van der Waals surface area contributed by atoms with Crippen molar-refractivity contribution in [3.8, 4) is 0 Å². The van der Waals surface area contributed by atoms with E-state index in [1.807, 2.05) is 0 Å². The predicted octanol–water partition coefficient (Wildman–Crippen LogP) is -5.63. The van der Waals surface area contributed by atoms with E-state index in [-0.39, 0.29) is 89.3 Å². The maximum Gasteiger partial charge on any atom is 0.316 e. The molecule has 0 saturated carbocycles. The molecule has 0 aromatic rings. The normalized spacial score (nSPS) is 7.50. The molecule has 0 heterocycles. The minimum atomic E-state index is -4.61. The molecule has 0 aliphatic carbocycles. The van der Waals surface area contributed by atoms with Gasteiger partial charge in [-0.1, -0.05) is 0 Å². The van der Waals surface area contributed by atoms with Crippen LogP contribution in [-0.2, 0) is 0 Å². The molecule has 0 radical (unpaired) electrons. The summed E-state index contributed by atoms with van der Waals surface area (Å²) in [6.45, 7) is 0. The zero-order chi connectivity index (χ0) is 4.50. The Balaban J connectivity index is -0.0000000267. The van der Waals surface area contributed by atoms with Crippen molar-refractivity contribution in [3.63, 3.8) is 0 Å². The first-order valence-electron chi connectivity index (χ1n) is 0.894. The van der Waals surface area contributed by atoms with Gasteiger partial charge in [-0.3, -0.25) is 0 Å². The van der Waals surface area contributed by atoms with Gasteiger partial charge in [-0.15, -0.1) is 0 Å². The topological polar surface area (TPSA) is 80.9 Å². The van der Waals surface area contributed by atoms with E-state index in [0.717, 1.165) is 0 Å². The fourth-order valence-electron chi connectivity index (χ4n) is 0. The van der Waals surface area contributed by atoms with E-state index in [4.69, 9.17) is 19.2 Å². The quantitative estimate of drug-likeness (QED) is 0.336. The van der Waals surface area contributed by atoms with Crippen LogP contribution < -0.4 is 0 Å². The van der Waals surface area contributed by atoms with Crippen LogP contribution in [0, 0.1) is 0 Å². The molecule has 0 spiro atoms. The summed E-state index contributed by atoms with van der Waals surface area (Å²) in [4.78, 5) is 29.3. The molecule has 46 valence electrons. The van der Waals surface area contributed by atoms with Gasteiger partial charge in [0, 0.05) is 0 Å². The van der Waals surface area contributed by atoms with Crippen LogP contribution in [0.2, 0.25) is 0 Å². The van der Waals surface area contributed by atoms with Crippen molar-refractivity contribution in [2.75, 3.05) is 0 Å². The Labute approximate surface area is 115 Å². The van der Waals surface area contributed by atoms with Gasteiger partial charge in [0.25, 0.3) is 0 Å². The zero-order valence-corrected chi connectivity index (χ0v) is 3.29. The van der Waals surface area contributed by atoms with Gasteiger partial charge in [-0.2, -0.15) is 0 Å². The molecule has 8 heteroatoms. The summed E-state index contributed by atoms with van der Waals surface area (Å²) in [5.74, 6) is 0. The minimum absolute atomic E-state index is 0. The first-order chi connectivity index (χ1) is 2.00. The van der Waals surface area contributed by atoms with Crippen molar-refractivity contribution < 1.29 is 19.2 Å². The molecular weight excluding hydrogens is 281 g/mol. The van der Waals surface area contributed by atoms with E-state index in [1.165, 1.54) is 0 Å². The van der Waals surface area contributed by atoms with Gasteiger partial charge in [0.05, 0.1) is 0 Å². The Hall–Kier alpha value is 2.93. The molecule has 0 bridgehead atoms. The molecule has 4 N–H and O–H groups in total. The Bertz CT molecular complexity index is 31.5. The van der Waals surface area contributed by atoms with E-state index in [2.05, 4.69) is 0 Å². The second-order valence-electron chi connectivity index (χ2n) is 0.600. The second-order valence-corrected chi connectivity index (χ2v) is 1.80. The molecule has 0 aromatic heterocycles. The number of hydrogen-bond donors (Lipinski definition) is 4. The molecule has 0 amide bonds. The Morgan fingerprint density at radius 2 is 0.875 bits per heavy atom. The molecule has 0 aromatic carbocycles. The average Bonchev–Trinajstić information content (AvgIpc) is 0.722. The van der Waals surface area contributed by atoms with Gasteiger partial charge in [0.2, 0.25) is 0 Å².